The molecule has 24 heavy (non-hydrogen) atoms. The van der Waals surface area contributed by atoms with Gasteiger partial charge < -0.3 is 9.52 Å². The summed E-state index contributed by atoms with van der Waals surface area (Å²) >= 11 is 0. The first kappa shape index (κ1) is 17.4. The maximum Gasteiger partial charge on any atom is 0.309 e. The molecule has 0 aliphatic carbocycles. The lowest BCUT2D eigenvalue weighted by molar-refractivity contribution is -0.142. The molecule has 2 fully saturated rings. The average Bonchev–Trinajstić information content (AvgIpc) is 2.92. The van der Waals surface area contributed by atoms with Crippen molar-refractivity contribution in [3.8, 4) is 0 Å². The van der Waals surface area contributed by atoms with Crippen LogP contribution < -0.4 is 0 Å². The number of carboxylic acids is 1. The lowest BCUT2D eigenvalue weighted by Gasteiger charge is -2.40. The van der Waals surface area contributed by atoms with Gasteiger partial charge in [-0.3, -0.25) is 14.6 Å². The summed E-state index contributed by atoms with van der Waals surface area (Å²) in [5.74, 6) is -1.29. The Morgan fingerprint density at radius 3 is 2.71 bits per heavy atom. The minimum atomic E-state index is -3.23. The second-order valence-corrected chi connectivity index (χ2v) is 8.61. The van der Waals surface area contributed by atoms with E-state index in [1.54, 1.807) is 12.5 Å². The van der Waals surface area contributed by atoms with E-state index in [1.165, 1.54) is 10.6 Å². The van der Waals surface area contributed by atoms with Crippen LogP contribution in [0.25, 0.3) is 0 Å². The standard InChI is InChI=1S/C15H23N3O5S/c1-24(21,22)18-4-3-17-8-13(15(19)20)7-16(9-14(17)10-18)6-12-2-5-23-11-12/h2,5,11,13-14H,3-4,6-10H2,1H3,(H,19,20)/t13-,14-/m0/s1. The second kappa shape index (κ2) is 6.83. The van der Waals surface area contributed by atoms with Crippen molar-refractivity contribution in [2.75, 3.05) is 45.5 Å². The summed E-state index contributed by atoms with van der Waals surface area (Å²) in [5.41, 5.74) is 0.989. The van der Waals surface area contributed by atoms with Gasteiger partial charge >= 0.3 is 5.97 Å². The van der Waals surface area contributed by atoms with Crippen molar-refractivity contribution >= 4 is 16.0 Å². The molecule has 0 unspecified atom stereocenters. The SMILES string of the molecule is CS(=O)(=O)N1CCN2C[C@@H](C(=O)O)CN(Cc3ccoc3)C[C@H]2C1. The number of aliphatic carboxylic acids is 1. The zero-order valence-corrected chi connectivity index (χ0v) is 14.5. The molecule has 2 saturated heterocycles. The number of hydrogen-bond donors (Lipinski definition) is 1. The van der Waals surface area contributed by atoms with E-state index in [4.69, 9.17) is 4.42 Å². The fraction of sp³-hybridized carbons (Fsp3) is 0.667. The highest BCUT2D eigenvalue weighted by Crippen LogP contribution is 2.21. The Balaban J connectivity index is 1.77. The van der Waals surface area contributed by atoms with Crippen molar-refractivity contribution in [3.05, 3.63) is 24.2 Å². The monoisotopic (exact) mass is 357 g/mol. The van der Waals surface area contributed by atoms with E-state index in [2.05, 4.69) is 9.80 Å². The van der Waals surface area contributed by atoms with Crippen LogP contribution in [0.4, 0.5) is 0 Å². The van der Waals surface area contributed by atoms with E-state index < -0.39 is 21.9 Å². The Bertz CT molecular complexity index is 675. The molecule has 2 atom stereocenters. The van der Waals surface area contributed by atoms with Crippen LogP contribution in [0.1, 0.15) is 5.56 Å². The van der Waals surface area contributed by atoms with Crippen LogP contribution in [0, 0.1) is 5.92 Å². The normalized spacial score (nSPS) is 27.5. The minimum Gasteiger partial charge on any atom is -0.481 e. The van der Waals surface area contributed by atoms with E-state index >= 15 is 0 Å². The van der Waals surface area contributed by atoms with Gasteiger partial charge in [-0.25, -0.2) is 8.42 Å². The molecule has 0 bridgehead atoms. The Labute approximate surface area is 141 Å². The van der Waals surface area contributed by atoms with Gasteiger partial charge in [0, 0.05) is 57.4 Å². The van der Waals surface area contributed by atoms with Gasteiger partial charge in [-0.2, -0.15) is 4.31 Å². The van der Waals surface area contributed by atoms with Crippen LogP contribution >= 0.6 is 0 Å². The third kappa shape index (κ3) is 3.97. The molecular formula is C15H23N3O5S. The van der Waals surface area contributed by atoms with Crippen LogP contribution in [0.15, 0.2) is 23.0 Å². The van der Waals surface area contributed by atoms with E-state index in [0.717, 1.165) is 5.56 Å². The van der Waals surface area contributed by atoms with Gasteiger partial charge in [-0.1, -0.05) is 0 Å². The molecule has 2 aliphatic heterocycles. The number of carbonyl (C=O) groups is 1. The second-order valence-electron chi connectivity index (χ2n) is 6.63. The molecule has 1 aromatic heterocycles. The maximum absolute atomic E-state index is 11.8. The molecule has 9 heteroatoms. The summed E-state index contributed by atoms with van der Waals surface area (Å²) in [6.07, 6.45) is 4.48. The van der Waals surface area contributed by atoms with Crippen molar-refractivity contribution in [2.45, 2.75) is 12.6 Å². The number of piperazine rings is 1. The zero-order chi connectivity index (χ0) is 17.3. The maximum atomic E-state index is 11.8. The van der Waals surface area contributed by atoms with Crippen molar-refractivity contribution in [1.82, 2.24) is 14.1 Å². The summed E-state index contributed by atoms with van der Waals surface area (Å²) in [5, 5.41) is 9.50. The molecule has 1 N–H and O–H groups in total. The number of hydrogen-bond acceptors (Lipinski definition) is 6. The Morgan fingerprint density at radius 1 is 1.29 bits per heavy atom. The topological polar surface area (TPSA) is 94.3 Å². The molecule has 1 aromatic rings. The molecule has 134 valence electrons. The first-order valence-corrected chi connectivity index (χ1v) is 9.83. The predicted molar refractivity (Wildman–Crippen MR) is 86.9 cm³/mol. The van der Waals surface area contributed by atoms with Gasteiger partial charge in [0.05, 0.1) is 24.7 Å². The lowest BCUT2D eigenvalue weighted by Crippen LogP contribution is -2.57. The molecule has 0 spiro atoms. The average molecular weight is 357 g/mol. The van der Waals surface area contributed by atoms with E-state index in [1.807, 2.05) is 6.07 Å². The quantitative estimate of drug-likeness (QED) is 0.793. The summed E-state index contributed by atoms with van der Waals surface area (Å²) in [6.45, 7) is 3.55. The van der Waals surface area contributed by atoms with Crippen molar-refractivity contribution in [3.63, 3.8) is 0 Å². The van der Waals surface area contributed by atoms with E-state index in [-0.39, 0.29) is 6.04 Å². The Hall–Kier alpha value is -1.42. The minimum absolute atomic E-state index is 0.00438. The molecule has 0 aromatic carbocycles. The number of rotatable bonds is 4. The highest BCUT2D eigenvalue weighted by molar-refractivity contribution is 7.88. The van der Waals surface area contributed by atoms with Crippen LogP contribution in [-0.2, 0) is 21.4 Å². The fourth-order valence-electron chi connectivity index (χ4n) is 3.53. The van der Waals surface area contributed by atoms with Gasteiger partial charge in [0.15, 0.2) is 0 Å². The van der Waals surface area contributed by atoms with Crippen LogP contribution in [0.5, 0.6) is 0 Å². The molecule has 3 heterocycles. The zero-order valence-electron chi connectivity index (χ0n) is 13.7. The summed E-state index contributed by atoms with van der Waals surface area (Å²) in [7, 11) is -3.23. The van der Waals surface area contributed by atoms with Crippen LogP contribution in [0.2, 0.25) is 0 Å². The lowest BCUT2D eigenvalue weighted by atomic mass is 10.1. The van der Waals surface area contributed by atoms with Crippen molar-refractivity contribution in [1.29, 1.82) is 0 Å². The van der Waals surface area contributed by atoms with Gasteiger partial charge in [-0.05, 0) is 6.07 Å². The number of sulfonamides is 1. The van der Waals surface area contributed by atoms with Crippen LogP contribution in [0.3, 0.4) is 0 Å². The summed E-state index contributed by atoms with van der Waals surface area (Å²) < 4.78 is 30.3. The smallest absolute Gasteiger partial charge is 0.309 e. The first-order chi connectivity index (χ1) is 11.3. The van der Waals surface area contributed by atoms with Crippen molar-refractivity contribution in [2.24, 2.45) is 5.92 Å². The number of nitrogens with zero attached hydrogens (tertiary/aromatic N) is 3. The molecule has 2 aliphatic rings. The molecule has 0 saturated carbocycles. The highest BCUT2D eigenvalue weighted by atomic mass is 32.2. The molecular weight excluding hydrogens is 334 g/mol. The summed E-state index contributed by atoms with van der Waals surface area (Å²) in [4.78, 5) is 15.8. The number of carboxylic acid groups (broad SMARTS) is 1. The molecule has 0 amide bonds. The number of furan rings is 1. The predicted octanol–water partition coefficient (Wildman–Crippen LogP) is -0.258. The fourth-order valence-corrected chi connectivity index (χ4v) is 4.39. The Kier molecular flexibility index (Phi) is 4.95. The first-order valence-electron chi connectivity index (χ1n) is 7.98. The third-order valence-corrected chi connectivity index (χ3v) is 6.04. The molecule has 8 nitrogen and oxygen atoms in total. The van der Waals surface area contributed by atoms with Crippen molar-refractivity contribution < 1.29 is 22.7 Å². The van der Waals surface area contributed by atoms with Gasteiger partial charge in [0.25, 0.3) is 0 Å². The van der Waals surface area contributed by atoms with E-state index in [0.29, 0.717) is 45.8 Å². The molecule has 3 rings (SSSR count). The number of fused-ring (bicyclic) bond motifs is 1. The van der Waals surface area contributed by atoms with E-state index in [9.17, 15) is 18.3 Å². The Morgan fingerprint density at radius 2 is 2.08 bits per heavy atom. The van der Waals surface area contributed by atoms with Crippen LogP contribution in [-0.4, -0.2) is 85.2 Å². The highest BCUT2D eigenvalue weighted by Gasteiger charge is 2.38. The van der Waals surface area contributed by atoms with Gasteiger partial charge in [0.1, 0.15) is 0 Å². The van der Waals surface area contributed by atoms with Gasteiger partial charge in [0.2, 0.25) is 10.0 Å². The molecule has 0 radical (unpaired) electrons. The third-order valence-electron chi connectivity index (χ3n) is 4.77. The summed E-state index contributed by atoms with van der Waals surface area (Å²) in [6, 6.07) is 1.87. The largest absolute Gasteiger partial charge is 0.481 e. The van der Waals surface area contributed by atoms with Gasteiger partial charge in [-0.15, -0.1) is 0 Å².